The molecule has 3 rings (SSSR count). The van der Waals surface area contributed by atoms with Gasteiger partial charge >= 0.3 is 0 Å². The van der Waals surface area contributed by atoms with E-state index in [1.807, 2.05) is 25.1 Å². The quantitative estimate of drug-likeness (QED) is 0.592. The number of para-hydroxylation sites is 1. The summed E-state index contributed by atoms with van der Waals surface area (Å²) in [7, 11) is 0. The first kappa shape index (κ1) is 19.1. The van der Waals surface area contributed by atoms with Crippen LogP contribution in [-0.4, -0.2) is 28.1 Å². The molecule has 0 saturated heterocycles. The molecule has 1 heterocycles. The van der Waals surface area contributed by atoms with E-state index >= 15 is 0 Å². The lowest BCUT2D eigenvalue weighted by atomic mass is 10.1. The molecule has 0 aliphatic heterocycles. The van der Waals surface area contributed by atoms with Crippen molar-refractivity contribution in [2.75, 3.05) is 11.9 Å². The average molecular weight is 380 g/mol. The van der Waals surface area contributed by atoms with Crippen LogP contribution in [0.3, 0.4) is 0 Å². The number of carbonyl (C=O) groups is 2. The molecular weight excluding hydrogens is 360 g/mol. The van der Waals surface area contributed by atoms with Crippen molar-refractivity contribution in [3.05, 3.63) is 74.8 Å². The molecule has 2 amide bonds. The lowest BCUT2D eigenvalue weighted by molar-refractivity contribution is -0.124. The second-order valence-electron chi connectivity index (χ2n) is 6.21. The number of nitrogens with zero attached hydrogens (tertiary/aromatic N) is 1. The maximum absolute atomic E-state index is 12.4. The Kier molecular flexibility index (Phi) is 5.69. The Hall–Kier alpha value is -3.68. The minimum absolute atomic E-state index is 0.230. The van der Waals surface area contributed by atoms with Gasteiger partial charge in [0.15, 0.2) is 0 Å². The highest BCUT2D eigenvalue weighted by Crippen LogP contribution is 2.14. The summed E-state index contributed by atoms with van der Waals surface area (Å²) in [6.07, 6.45) is 0.765. The summed E-state index contributed by atoms with van der Waals surface area (Å²) in [6.45, 7) is 1.34. The Bertz CT molecular complexity index is 1150. The van der Waals surface area contributed by atoms with Gasteiger partial charge in [-0.1, -0.05) is 37.3 Å². The number of amides is 2. The third-order valence-corrected chi connectivity index (χ3v) is 4.30. The van der Waals surface area contributed by atoms with Crippen LogP contribution in [-0.2, 0) is 22.6 Å². The van der Waals surface area contributed by atoms with E-state index in [2.05, 4.69) is 15.7 Å². The highest BCUT2D eigenvalue weighted by atomic mass is 16.2. The van der Waals surface area contributed by atoms with Crippen LogP contribution in [0.2, 0.25) is 0 Å². The summed E-state index contributed by atoms with van der Waals surface area (Å²) in [4.78, 5) is 48.7. The molecule has 0 radical (unpaired) electrons. The molecule has 0 saturated carbocycles. The van der Waals surface area contributed by atoms with Gasteiger partial charge in [0.25, 0.3) is 11.1 Å². The zero-order valence-electron chi connectivity index (χ0n) is 15.3. The molecule has 8 heteroatoms. The van der Waals surface area contributed by atoms with Crippen molar-refractivity contribution in [3.63, 3.8) is 0 Å². The zero-order chi connectivity index (χ0) is 20.1. The number of carbonyl (C=O) groups excluding carboxylic acids is 2. The topological polar surface area (TPSA) is 113 Å². The van der Waals surface area contributed by atoms with Crippen LogP contribution in [0.15, 0.2) is 58.1 Å². The first-order chi connectivity index (χ1) is 13.5. The van der Waals surface area contributed by atoms with E-state index in [0.717, 1.165) is 16.7 Å². The number of fused-ring (bicyclic) bond motifs is 1. The van der Waals surface area contributed by atoms with Gasteiger partial charge in [-0.2, -0.15) is 0 Å². The van der Waals surface area contributed by atoms with Crippen LogP contribution in [0.5, 0.6) is 0 Å². The maximum Gasteiger partial charge on any atom is 0.273 e. The largest absolute Gasteiger partial charge is 0.345 e. The van der Waals surface area contributed by atoms with E-state index in [0.29, 0.717) is 5.69 Å². The summed E-state index contributed by atoms with van der Waals surface area (Å²) < 4.78 is 0.935. The Labute approximate surface area is 160 Å². The average Bonchev–Trinajstić information content (AvgIpc) is 2.71. The fraction of sp³-hybridized carbons (Fsp3) is 0.200. The van der Waals surface area contributed by atoms with E-state index < -0.39 is 23.6 Å². The Balaban J connectivity index is 1.64. The molecule has 3 aromatic rings. The molecule has 3 N–H and O–H groups in total. The normalized spacial score (nSPS) is 10.6. The number of H-pyrrole nitrogens is 1. The van der Waals surface area contributed by atoms with Crippen molar-refractivity contribution in [1.29, 1.82) is 0 Å². The van der Waals surface area contributed by atoms with E-state index in [4.69, 9.17) is 0 Å². The number of anilines is 1. The van der Waals surface area contributed by atoms with Gasteiger partial charge in [-0.3, -0.25) is 24.3 Å². The number of hydrogen-bond donors (Lipinski definition) is 3. The van der Waals surface area contributed by atoms with E-state index in [1.54, 1.807) is 24.3 Å². The van der Waals surface area contributed by atoms with Crippen LogP contribution in [0.1, 0.15) is 12.5 Å². The summed E-state index contributed by atoms with van der Waals surface area (Å²) in [5, 5.41) is 8.07. The van der Waals surface area contributed by atoms with Crippen molar-refractivity contribution < 1.29 is 9.59 Å². The molecular formula is C20H20N4O4. The van der Waals surface area contributed by atoms with Gasteiger partial charge in [0, 0.05) is 5.69 Å². The number of aryl methyl sites for hydroxylation is 1. The van der Waals surface area contributed by atoms with Gasteiger partial charge in [0.05, 0.1) is 17.3 Å². The highest BCUT2D eigenvalue weighted by Gasteiger charge is 2.12. The molecule has 8 nitrogen and oxygen atoms in total. The van der Waals surface area contributed by atoms with Crippen LogP contribution in [0.25, 0.3) is 10.8 Å². The summed E-state index contributed by atoms with van der Waals surface area (Å²) in [6, 6.07) is 13.8. The third-order valence-electron chi connectivity index (χ3n) is 4.30. The van der Waals surface area contributed by atoms with E-state index in [1.165, 1.54) is 6.07 Å². The van der Waals surface area contributed by atoms with Crippen LogP contribution < -0.4 is 21.8 Å². The molecule has 1 aromatic heterocycles. The predicted octanol–water partition coefficient (Wildman–Crippen LogP) is 1.01. The second-order valence-corrected chi connectivity index (χ2v) is 6.21. The van der Waals surface area contributed by atoms with Crippen LogP contribution >= 0.6 is 0 Å². The van der Waals surface area contributed by atoms with Crippen molar-refractivity contribution in [2.45, 2.75) is 19.9 Å². The van der Waals surface area contributed by atoms with E-state index in [9.17, 15) is 19.2 Å². The lowest BCUT2D eigenvalue weighted by Crippen LogP contribution is -2.39. The summed E-state index contributed by atoms with van der Waals surface area (Å²) in [5.74, 6) is -0.944. The van der Waals surface area contributed by atoms with Gasteiger partial charge in [0.2, 0.25) is 11.8 Å². The molecule has 0 unspecified atom stereocenters. The van der Waals surface area contributed by atoms with Gasteiger partial charge in [-0.15, -0.1) is 0 Å². The van der Waals surface area contributed by atoms with Gasteiger partial charge in [-0.25, -0.2) is 4.68 Å². The van der Waals surface area contributed by atoms with E-state index in [-0.39, 0.29) is 23.2 Å². The van der Waals surface area contributed by atoms with Gasteiger partial charge in [-0.05, 0) is 30.2 Å². The molecule has 144 valence electrons. The number of aromatic nitrogens is 2. The minimum Gasteiger partial charge on any atom is -0.345 e. The van der Waals surface area contributed by atoms with Crippen LogP contribution in [0.4, 0.5) is 5.69 Å². The van der Waals surface area contributed by atoms with Gasteiger partial charge in [0.1, 0.15) is 6.54 Å². The highest BCUT2D eigenvalue weighted by molar-refractivity contribution is 5.95. The van der Waals surface area contributed by atoms with Crippen molar-refractivity contribution in [3.8, 4) is 0 Å². The minimum atomic E-state index is -0.563. The van der Waals surface area contributed by atoms with Gasteiger partial charge < -0.3 is 10.6 Å². The maximum atomic E-state index is 12.4. The number of rotatable bonds is 6. The number of benzene rings is 2. The molecule has 0 bridgehead atoms. The fourth-order valence-corrected chi connectivity index (χ4v) is 2.88. The smallest absolute Gasteiger partial charge is 0.273 e. The number of aromatic amines is 1. The van der Waals surface area contributed by atoms with Crippen molar-refractivity contribution >= 4 is 28.3 Å². The van der Waals surface area contributed by atoms with Crippen molar-refractivity contribution in [2.24, 2.45) is 0 Å². The summed E-state index contributed by atoms with van der Waals surface area (Å²) >= 11 is 0. The molecule has 0 aliphatic carbocycles. The molecule has 28 heavy (non-hydrogen) atoms. The Morgan fingerprint density at radius 2 is 1.64 bits per heavy atom. The summed E-state index contributed by atoms with van der Waals surface area (Å²) in [5.41, 5.74) is 0.741. The zero-order valence-corrected chi connectivity index (χ0v) is 15.3. The SMILES string of the molecule is CCc1ccccc1NC(=O)CNC(=O)Cn1[nH]c(=O)c2ccccc2c1=O. The molecule has 0 spiro atoms. The first-order valence-electron chi connectivity index (χ1n) is 8.86. The Morgan fingerprint density at radius 1 is 0.964 bits per heavy atom. The molecule has 0 fully saturated rings. The molecule has 0 aliphatic rings. The van der Waals surface area contributed by atoms with Crippen LogP contribution in [0, 0.1) is 0 Å². The molecule has 0 atom stereocenters. The second kappa shape index (κ2) is 8.34. The molecule has 2 aromatic carbocycles. The number of hydrogen-bond acceptors (Lipinski definition) is 4. The monoisotopic (exact) mass is 380 g/mol. The number of nitrogens with one attached hydrogen (secondary N) is 3. The fourth-order valence-electron chi connectivity index (χ4n) is 2.88. The Morgan fingerprint density at radius 3 is 2.39 bits per heavy atom. The van der Waals surface area contributed by atoms with Crippen molar-refractivity contribution in [1.82, 2.24) is 15.1 Å². The standard InChI is InChI=1S/C20H20N4O4/c1-2-13-7-3-6-10-16(13)22-17(25)11-21-18(26)12-24-20(28)15-9-5-4-8-14(15)19(27)23-24/h3-10H,2,11-12H2,1H3,(H,21,26)(H,22,25)(H,23,27). The predicted molar refractivity (Wildman–Crippen MR) is 106 cm³/mol. The lowest BCUT2D eigenvalue weighted by Gasteiger charge is -2.11. The third kappa shape index (κ3) is 4.17. The first-order valence-corrected chi connectivity index (χ1v) is 8.86.